The summed E-state index contributed by atoms with van der Waals surface area (Å²) < 4.78 is 30.2. The summed E-state index contributed by atoms with van der Waals surface area (Å²) in [7, 11) is -3.92. The van der Waals surface area contributed by atoms with Crippen LogP contribution in [0.3, 0.4) is 0 Å². The highest BCUT2D eigenvalue weighted by Crippen LogP contribution is 2.13. The van der Waals surface area contributed by atoms with Gasteiger partial charge in [-0.15, -0.1) is 0 Å². The molecular formula is C10H14O3S. The standard InChI is InChI=1S/C10H14O3S/c1-2-5-9-6-3-4-7-10(9)8-14(11,12)13/h3-4,6-7H,2,5,8H2,1H3,(H,11,12,13). The summed E-state index contributed by atoms with van der Waals surface area (Å²) in [4.78, 5) is 0. The minimum absolute atomic E-state index is 0.289. The lowest BCUT2D eigenvalue weighted by Crippen LogP contribution is -2.04. The molecule has 0 saturated heterocycles. The fraction of sp³-hybridized carbons (Fsp3) is 0.400. The van der Waals surface area contributed by atoms with Gasteiger partial charge in [0.15, 0.2) is 0 Å². The Morgan fingerprint density at radius 1 is 1.21 bits per heavy atom. The molecule has 0 saturated carbocycles. The van der Waals surface area contributed by atoms with Crippen molar-refractivity contribution >= 4 is 10.1 Å². The summed E-state index contributed by atoms with van der Waals surface area (Å²) in [6, 6.07) is 7.28. The van der Waals surface area contributed by atoms with Crippen molar-refractivity contribution in [3.8, 4) is 0 Å². The Morgan fingerprint density at radius 3 is 2.29 bits per heavy atom. The van der Waals surface area contributed by atoms with Gasteiger partial charge in [0.05, 0.1) is 0 Å². The van der Waals surface area contributed by atoms with Gasteiger partial charge in [0.1, 0.15) is 5.75 Å². The maximum atomic E-state index is 10.7. The maximum Gasteiger partial charge on any atom is 0.269 e. The van der Waals surface area contributed by atoms with Gasteiger partial charge in [-0.2, -0.15) is 8.42 Å². The molecule has 1 aromatic rings. The summed E-state index contributed by atoms with van der Waals surface area (Å²) in [6.07, 6.45) is 1.80. The molecule has 1 N–H and O–H groups in total. The van der Waals surface area contributed by atoms with Crippen LogP contribution in [0, 0.1) is 0 Å². The van der Waals surface area contributed by atoms with Crippen LogP contribution in [0.1, 0.15) is 24.5 Å². The summed E-state index contributed by atoms with van der Waals surface area (Å²) in [6.45, 7) is 2.03. The van der Waals surface area contributed by atoms with Gasteiger partial charge in [0.2, 0.25) is 0 Å². The van der Waals surface area contributed by atoms with E-state index in [9.17, 15) is 8.42 Å². The number of hydrogen-bond donors (Lipinski definition) is 1. The molecule has 0 aromatic heterocycles. The van der Waals surface area contributed by atoms with E-state index in [-0.39, 0.29) is 5.75 Å². The Balaban J connectivity index is 2.95. The topological polar surface area (TPSA) is 54.4 Å². The smallest absolute Gasteiger partial charge is 0.269 e. The van der Waals surface area contributed by atoms with Crippen LogP contribution >= 0.6 is 0 Å². The molecule has 14 heavy (non-hydrogen) atoms. The van der Waals surface area contributed by atoms with E-state index < -0.39 is 10.1 Å². The highest BCUT2D eigenvalue weighted by molar-refractivity contribution is 7.85. The predicted octanol–water partition coefficient (Wildman–Crippen LogP) is 2.03. The van der Waals surface area contributed by atoms with Crippen LogP contribution in [0.4, 0.5) is 0 Å². The number of aryl methyl sites for hydroxylation is 1. The van der Waals surface area contributed by atoms with Crippen molar-refractivity contribution < 1.29 is 13.0 Å². The van der Waals surface area contributed by atoms with Gasteiger partial charge in [-0.25, -0.2) is 0 Å². The average Bonchev–Trinajstić information content (AvgIpc) is 2.06. The molecular weight excluding hydrogens is 200 g/mol. The third-order valence-corrected chi connectivity index (χ3v) is 2.65. The summed E-state index contributed by atoms with van der Waals surface area (Å²) in [5, 5.41) is 0. The van der Waals surface area contributed by atoms with E-state index in [1.54, 1.807) is 12.1 Å². The van der Waals surface area contributed by atoms with Gasteiger partial charge in [-0.1, -0.05) is 37.6 Å². The second kappa shape index (κ2) is 4.57. The zero-order valence-electron chi connectivity index (χ0n) is 8.10. The Bertz CT molecular complexity index is 396. The molecule has 0 radical (unpaired) electrons. The van der Waals surface area contributed by atoms with Crippen molar-refractivity contribution in [2.45, 2.75) is 25.5 Å². The second-order valence-electron chi connectivity index (χ2n) is 3.24. The predicted molar refractivity (Wildman–Crippen MR) is 55.7 cm³/mol. The summed E-state index contributed by atoms with van der Waals surface area (Å²) in [5.41, 5.74) is 1.68. The van der Waals surface area contributed by atoms with Crippen LogP contribution < -0.4 is 0 Å². The van der Waals surface area contributed by atoms with Gasteiger partial charge < -0.3 is 0 Å². The molecule has 0 fully saturated rings. The van der Waals surface area contributed by atoms with Crippen LogP contribution in [-0.4, -0.2) is 13.0 Å². The van der Waals surface area contributed by atoms with Gasteiger partial charge in [0, 0.05) is 0 Å². The van der Waals surface area contributed by atoms with Crippen LogP contribution in [0.5, 0.6) is 0 Å². The molecule has 78 valence electrons. The SMILES string of the molecule is CCCc1ccccc1CS(=O)(=O)O. The second-order valence-corrected chi connectivity index (χ2v) is 4.70. The van der Waals surface area contributed by atoms with Crippen LogP contribution in [0.15, 0.2) is 24.3 Å². The first-order valence-electron chi connectivity index (χ1n) is 4.55. The zero-order valence-corrected chi connectivity index (χ0v) is 8.92. The van der Waals surface area contributed by atoms with Gasteiger partial charge >= 0.3 is 0 Å². The fourth-order valence-electron chi connectivity index (χ4n) is 1.41. The van der Waals surface area contributed by atoms with Crippen LogP contribution in [0.25, 0.3) is 0 Å². The van der Waals surface area contributed by atoms with Gasteiger partial charge in [0.25, 0.3) is 10.1 Å². The third-order valence-electron chi connectivity index (χ3n) is 1.98. The van der Waals surface area contributed by atoms with E-state index in [0.717, 1.165) is 18.4 Å². The molecule has 0 aliphatic carbocycles. The van der Waals surface area contributed by atoms with E-state index in [4.69, 9.17) is 4.55 Å². The minimum atomic E-state index is -3.92. The normalized spacial score (nSPS) is 11.6. The quantitative estimate of drug-likeness (QED) is 0.780. The maximum absolute atomic E-state index is 10.7. The first-order valence-corrected chi connectivity index (χ1v) is 6.16. The molecule has 0 aliphatic heterocycles. The van der Waals surface area contributed by atoms with E-state index in [1.807, 2.05) is 19.1 Å². The molecule has 4 heteroatoms. The number of rotatable bonds is 4. The molecule has 1 rings (SSSR count). The molecule has 0 atom stereocenters. The lowest BCUT2D eigenvalue weighted by atomic mass is 10.0. The fourth-order valence-corrected chi connectivity index (χ4v) is 2.08. The number of hydrogen-bond acceptors (Lipinski definition) is 2. The van der Waals surface area contributed by atoms with E-state index in [2.05, 4.69) is 0 Å². The minimum Gasteiger partial charge on any atom is -0.285 e. The monoisotopic (exact) mass is 214 g/mol. The largest absolute Gasteiger partial charge is 0.285 e. The molecule has 0 spiro atoms. The molecule has 3 nitrogen and oxygen atoms in total. The molecule has 0 heterocycles. The van der Waals surface area contributed by atoms with E-state index >= 15 is 0 Å². The highest BCUT2D eigenvalue weighted by atomic mass is 32.2. The molecule has 1 aromatic carbocycles. The number of benzene rings is 1. The van der Waals surface area contributed by atoms with E-state index in [0.29, 0.717) is 5.56 Å². The molecule has 0 aliphatic rings. The Hall–Kier alpha value is -0.870. The van der Waals surface area contributed by atoms with Gasteiger partial charge in [-0.05, 0) is 17.5 Å². The van der Waals surface area contributed by atoms with Crippen LogP contribution in [-0.2, 0) is 22.3 Å². The third kappa shape index (κ3) is 3.47. The Kier molecular flexibility index (Phi) is 3.66. The highest BCUT2D eigenvalue weighted by Gasteiger charge is 2.09. The molecule has 0 unspecified atom stereocenters. The molecule has 0 bridgehead atoms. The van der Waals surface area contributed by atoms with Crippen molar-refractivity contribution in [2.24, 2.45) is 0 Å². The zero-order chi connectivity index (χ0) is 10.6. The van der Waals surface area contributed by atoms with E-state index in [1.165, 1.54) is 0 Å². The van der Waals surface area contributed by atoms with Gasteiger partial charge in [-0.3, -0.25) is 4.55 Å². The van der Waals surface area contributed by atoms with Crippen molar-refractivity contribution in [2.75, 3.05) is 0 Å². The lowest BCUT2D eigenvalue weighted by Gasteiger charge is -2.06. The summed E-state index contributed by atoms with van der Waals surface area (Å²) >= 11 is 0. The Labute approximate surface area is 84.5 Å². The van der Waals surface area contributed by atoms with Crippen LogP contribution in [0.2, 0.25) is 0 Å². The van der Waals surface area contributed by atoms with Crippen molar-refractivity contribution in [3.63, 3.8) is 0 Å². The first-order chi connectivity index (χ1) is 6.53. The van der Waals surface area contributed by atoms with Crippen molar-refractivity contribution in [1.29, 1.82) is 0 Å². The first kappa shape index (κ1) is 11.2. The summed E-state index contributed by atoms with van der Waals surface area (Å²) in [5.74, 6) is -0.289. The Morgan fingerprint density at radius 2 is 1.79 bits per heavy atom. The van der Waals surface area contributed by atoms with Crippen molar-refractivity contribution in [3.05, 3.63) is 35.4 Å². The average molecular weight is 214 g/mol. The lowest BCUT2D eigenvalue weighted by molar-refractivity contribution is 0.482. The molecule has 0 amide bonds. The van der Waals surface area contributed by atoms with Crippen molar-refractivity contribution in [1.82, 2.24) is 0 Å².